The van der Waals surface area contributed by atoms with Crippen LogP contribution in [0.15, 0.2) is 42.5 Å². The van der Waals surface area contributed by atoms with Gasteiger partial charge in [-0.2, -0.15) is 0 Å². The van der Waals surface area contributed by atoms with E-state index < -0.39 is 0 Å². The number of hydrogen-bond acceptors (Lipinski definition) is 2. The first-order valence-corrected chi connectivity index (χ1v) is 8.35. The van der Waals surface area contributed by atoms with E-state index in [1.807, 2.05) is 18.2 Å². The predicted molar refractivity (Wildman–Crippen MR) is 98.1 cm³/mol. The van der Waals surface area contributed by atoms with Crippen LogP contribution in [0.3, 0.4) is 0 Å². The highest BCUT2D eigenvalue weighted by molar-refractivity contribution is 5.92. The topological polar surface area (TPSA) is 41.1 Å². The molecule has 0 aliphatic heterocycles. The Bertz CT molecular complexity index is 642. The van der Waals surface area contributed by atoms with Gasteiger partial charge in [0.2, 0.25) is 5.91 Å². The van der Waals surface area contributed by atoms with Crippen molar-refractivity contribution in [1.29, 1.82) is 0 Å². The summed E-state index contributed by atoms with van der Waals surface area (Å²) in [5.41, 5.74) is 5.67. The molecule has 2 rings (SSSR count). The van der Waals surface area contributed by atoms with Gasteiger partial charge in [0, 0.05) is 24.3 Å². The first kappa shape index (κ1) is 17.1. The molecule has 0 unspecified atom stereocenters. The van der Waals surface area contributed by atoms with Crippen LogP contribution in [0.2, 0.25) is 0 Å². The molecule has 23 heavy (non-hydrogen) atoms. The molecule has 2 aromatic carbocycles. The number of aryl methyl sites for hydroxylation is 3. The minimum Gasteiger partial charge on any atom is -0.384 e. The van der Waals surface area contributed by atoms with Gasteiger partial charge in [-0.1, -0.05) is 50.2 Å². The molecule has 0 radical (unpaired) electrons. The number of amides is 1. The monoisotopic (exact) mass is 310 g/mol. The van der Waals surface area contributed by atoms with Crippen molar-refractivity contribution in [3.05, 3.63) is 59.2 Å². The van der Waals surface area contributed by atoms with Gasteiger partial charge in [0.25, 0.3) is 0 Å². The van der Waals surface area contributed by atoms with Gasteiger partial charge >= 0.3 is 0 Å². The van der Waals surface area contributed by atoms with E-state index in [0.29, 0.717) is 13.0 Å². The third-order valence-corrected chi connectivity index (χ3v) is 4.08. The third kappa shape index (κ3) is 4.59. The van der Waals surface area contributed by atoms with Crippen molar-refractivity contribution >= 4 is 17.3 Å². The highest BCUT2D eigenvalue weighted by Gasteiger charge is 2.10. The van der Waals surface area contributed by atoms with Crippen molar-refractivity contribution < 1.29 is 4.79 Å². The second-order valence-corrected chi connectivity index (χ2v) is 5.70. The van der Waals surface area contributed by atoms with Gasteiger partial charge in [0.05, 0.1) is 0 Å². The molecule has 0 spiro atoms. The summed E-state index contributed by atoms with van der Waals surface area (Å²) in [6.07, 6.45) is 2.30. The van der Waals surface area contributed by atoms with Crippen LogP contribution in [-0.2, 0) is 17.6 Å². The summed E-state index contributed by atoms with van der Waals surface area (Å²) >= 11 is 0. The number of nitrogens with one attached hydrogen (secondary N) is 2. The Morgan fingerprint density at radius 1 is 0.957 bits per heavy atom. The molecule has 3 heteroatoms. The number of carbonyl (C=O) groups excluding carboxylic acids is 1. The lowest BCUT2D eigenvalue weighted by molar-refractivity contribution is -0.115. The summed E-state index contributed by atoms with van der Waals surface area (Å²) in [5, 5.41) is 6.43. The molecule has 0 fully saturated rings. The summed E-state index contributed by atoms with van der Waals surface area (Å²) in [4.78, 5) is 12.3. The van der Waals surface area contributed by atoms with Crippen molar-refractivity contribution in [2.75, 3.05) is 17.2 Å². The maximum Gasteiger partial charge on any atom is 0.226 e. The van der Waals surface area contributed by atoms with Gasteiger partial charge in [-0.05, 0) is 42.5 Å². The molecule has 3 nitrogen and oxygen atoms in total. The minimum atomic E-state index is 0.0571. The van der Waals surface area contributed by atoms with Crippen molar-refractivity contribution in [1.82, 2.24) is 0 Å². The average molecular weight is 310 g/mol. The van der Waals surface area contributed by atoms with Crippen LogP contribution < -0.4 is 10.6 Å². The van der Waals surface area contributed by atoms with Crippen LogP contribution in [0.1, 0.15) is 37.0 Å². The third-order valence-electron chi connectivity index (χ3n) is 4.08. The number of carbonyl (C=O) groups is 1. The molecule has 0 heterocycles. The smallest absolute Gasteiger partial charge is 0.226 e. The van der Waals surface area contributed by atoms with Crippen LogP contribution in [0, 0.1) is 6.92 Å². The Morgan fingerprint density at radius 3 is 2.22 bits per heavy atom. The van der Waals surface area contributed by atoms with E-state index in [4.69, 9.17) is 0 Å². The van der Waals surface area contributed by atoms with E-state index in [0.717, 1.165) is 24.2 Å². The fourth-order valence-corrected chi connectivity index (χ4v) is 2.69. The van der Waals surface area contributed by atoms with Gasteiger partial charge in [-0.25, -0.2) is 0 Å². The van der Waals surface area contributed by atoms with Crippen molar-refractivity contribution in [2.45, 2.75) is 40.0 Å². The molecular formula is C20H26N2O. The number of para-hydroxylation sites is 2. The maximum atomic E-state index is 12.3. The Morgan fingerprint density at radius 2 is 1.61 bits per heavy atom. The molecule has 0 atom stereocenters. The Kier molecular flexibility index (Phi) is 6.21. The fourth-order valence-electron chi connectivity index (χ4n) is 2.69. The number of anilines is 2. The Labute approximate surface area is 139 Å². The Hall–Kier alpha value is -2.29. The zero-order valence-electron chi connectivity index (χ0n) is 14.3. The van der Waals surface area contributed by atoms with E-state index in [9.17, 15) is 4.79 Å². The van der Waals surface area contributed by atoms with Gasteiger partial charge in [-0.3, -0.25) is 4.79 Å². The molecular weight excluding hydrogens is 284 g/mol. The number of hydrogen-bond donors (Lipinski definition) is 2. The molecule has 0 aliphatic carbocycles. The molecule has 0 saturated carbocycles. The molecule has 0 aromatic heterocycles. The SMILES string of the molecule is CCc1cccc(CC)c1NC(=O)CCNc1ccccc1C. The van der Waals surface area contributed by atoms with E-state index in [2.05, 4.69) is 55.7 Å². The van der Waals surface area contributed by atoms with Gasteiger partial charge in [0.1, 0.15) is 0 Å². The zero-order chi connectivity index (χ0) is 16.7. The molecule has 2 N–H and O–H groups in total. The average Bonchev–Trinajstić information content (AvgIpc) is 2.56. The fraction of sp³-hybridized carbons (Fsp3) is 0.350. The van der Waals surface area contributed by atoms with Crippen molar-refractivity contribution in [3.8, 4) is 0 Å². The maximum absolute atomic E-state index is 12.3. The van der Waals surface area contributed by atoms with Gasteiger partial charge in [-0.15, -0.1) is 0 Å². The Balaban J connectivity index is 1.94. The lowest BCUT2D eigenvalue weighted by atomic mass is 10.0. The van der Waals surface area contributed by atoms with Crippen LogP contribution in [-0.4, -0.2) is 12.5 Å². The standard InChI is InChI=1S/C20H26N2O/c1-4-16-10-8-11-17(5-2)20(16)22-19(23)13-14-21-18-12-7-6-9-15(18)3/h6-12,21H,4-5,13-14H2,1-3H3,(H,22,23). The van der Waals surface area contributed by atoms with Crippen LogP contribution in [0.5, 0.6) is 0 Å². The molecule has 122 valence electrons. The summed E-state index contributed by atoms with van der Waals surface area (Å²) in [5.74, 6) is 0.0571. The first-order chi connectivity index (χ1) is 11.2. The summed E-state index contributed by atoms with van der Waals surface area (Å²) < 4.78 is 0. The molecule has 2 aromatic rings. The number of rotatable bonds is 7. The lowest BCUT2D eigenvalue weighted by Crippen LogP contribution is -2.18. The quantitative estimate of drug-likeness (QED) is 0.787. The second-order valence-electron chi connectivity index (χ2n) is 5.70. The molecule has 0 bridgehead atoms. The summed E-state index contributed by atoms with van der Waals surface area (Å²) in [6.45, 7) is 6.92. The van der Waals surface area contributed by atoms with Crippen molar-refractivity contribution in [3.63, 3.8) is 0 Å². The summed E-state index contributed by atoms with van der Waals surface area (Å²) in [7, 11) is 0. The second kappa shape index (κ2) is 8.37. The summed E-state index contributed by atoms with van der Waals surface area (Å²) in [6, 6.07) is 14.3. The van der Waals surface area contributed by atoms with Crippen LogP contribution in [0.4, 0.5) is 11.4 Å². The number of benzene rings is 2. The molecule has 0 aliphatic rings. The van der Waals surface area contributed by atoms with Gasteiger partial charge < -0.3 is 10.6 Å². The highest BCUT2D eigenvalue weighted by Crippen LogP contribution is 2.22. The van der Waals surface area contributed by atoms with E-state index in [1.54, 1.807) is 0 Å². The van der Waals surface area contributed by atoms with E-state index in [-0.39, 0.29) is 5.91 Å². The molecule has 1 amide bonds. The lowest BCUT2D eigenvalue weighted by Gasteiger charge is -2.15. The highest BCUT2D eigenvalue weighted by atomic mass is 16.1. The van der Waals surface area contributed by atoms with E-state index >= 15 is 0 Å². The van der Waals surface area contributed by atoms with Gasteiger partial charge in [0.15, 0.2) is 0 Å². The predicted octanol–water partition coefficient (Wildman–Crippen LogP) is 4.56. The zero-order valence-corrected chi connectivity index (χ0v) is 14.3. The van der Waals surface area contributed by atoms with Crippen LogP contribution >= 0.6 is 0 Å². The van der Waals surface area contributed by atoms with Crippen molar-refractivity contribution in [2.24, 2.45) is 0 Å². The minimum absolute atomic E-state index is 0.0571. The largest absolute Gasteiger partial charge is 0.384 e. The first-order valence-electron chi connectivity index (χ1n) is 8.35. The van der Waals surface area contributed by atoms with Crippen LogP contribution in [0.25, 0.3) is 0 Å². The van der Waals surface area contributed by atoms with E-state index in [1.165, 1.54) is 16.7 Å². The normalized spacial score (nSPS) is 10.4. The molecule has 0 saturated heterocycles.